The first-order chi connectivity index (χ1) is 8.22. The highest BCUT2D eigenvalue weighted by Gasteiger charge is 2.34. The van der Waals surface area contributed by atoms with Gasteiger partial charge in [-0.1, -0.05) is 30.3 Å². The van der Waals surface area contributed by atoms with Gasteiger partial charge in [-0.3, -0.25) is 4.79 Å². The first-order valence-electron chi connectivity index (χ1n) is 6.03. The van der Waals surface area contributed by atoms with Crippen LogP contribution in [0.15, 0.2) is 30.3 Å². The Morgan fingerprint density at radius 1 is 1.35 bits per heavy atom. The normalized spacial score (nSPS) is 25.5. The lowest BCUT2D eigenvalue weighted by Crippen LogP contribution is -2.40. The molecule has 2 rings (SSSR count). The third-order valence-corrected chi connectivity index (χ3v) is 3.55. The number of methoxy groups -OCH3 is 1. The highest BCUT2D eigenvalue weighted by Crippen LogP contribution is 2.32. The second-order valence-corrected chi connectivity index (χ2v) is 4.70. The van der Waals surface area contributed by atoms with Crippen LogP contribution in [0.1, 0.15) is 17.9 Å². The first-order valence-corrected chi connectivity index (χ1v) is 6.03. The minimum Gasteiger partial charge on any atom is -0.469 e. The zero-order valence-corrected chi connectivity index (χ0v) is 10.4. The molecule has 0 aromatic heterocycles. The molecule has 2 atom stereocenters. The summed E-state index contributed by atoms with van der Waals surface area (Å²) in [5.74, 6) is 0.174. The molecule has 1 aromatic carbocycles. The molecule has 1 fully saturated rings. The van der Waals surface area contributed by atoms with E-state index in [9.17, 15) is 4.79 Å². The number of nitrogens with zero attached hydrogens (tertiary/aromatic N) is 1. The van der Waals surface area contributed by atoms with Gasteiger partial charge in [0.2, 0.25) is 0 Å². The monoisotopic (exact) mass is 233 g/mol. The van der Waals surface area contributed by atoms with E-state index in [1.54, 1.807) is 0 Å². The summed E-state index contributed by atoms with van der Waals surface area (Å²) in [4.78, 5) is 14.1. The number of piperidine rings is 1. The number of carbonyl (C=O) groups is 1. The van der Waals surface area contributed by atoms with E-state index in [2.05, 4.69) is 24.1 Å². The zero-order chi connectivity index (χ0) is 12.3. The largest absolute Gasteiger partial charge is 0.469 e. The molecule has 92 valence electrons. The summed E-state index contributed by atoms with van der Waals surface area (Å²) in [6.45, 7) is 1.88. The smallest absolute Gasteiger partial charge is 0.309 e. The summed E-state index contributed by atoms with van der Waals surface area (Å²) in [7, 11) is 3.58. The van der Waals surface area contributed by atoms with Gasteiger partial charge >= 0.3 is 5.97 Å². The van der Waals surface area contributed by atoms with Gasteiger partial charge in [0.05, 0.1) is 13.0 Å². The predicted octanol–water partition coefficient (Wildman–Crippen LogP) is 1.89. The molecular weight excluding hydrogens is 214 g/mol. The van der Waals surface area contributed by atoms with E-state index in [-0.39, 0.29) is 17.8 Å². The number of benzene rings is 1. The average Bonchev–Trinajstić information content (AvgIpc) is 2.39. The van der Waals surface area contributed by atoms with Gasteiger partial charge in [-0.2, -0.15) is 0 Å². The standard InChI is InChI=1S/C14H19NO2/c1-15-9-8-12(14(16)17-2)13(10-15)11-6-4-3-5-7-11/h3-7,12-13H,8-10H2,1-2H3/t12-,13+/m0/s1. The second kappa shape index (κ2) is 5.32. The van der Waals surface area contributed by atoms with Crippen molar-refractivity contribution < 1.29 is 9.53 Å². The van der Waals surface area contributed by atoms with Crippen molar-refractivity contribution >= 4 is 5.97 Å². The van der Waals surface area contributed by atoms with E-state index in [1.807, 2.05) is 18.2 Å². The molecular formula is C14H19NO2. The number of likely N-dealkylation sites (tertiary alicyclic amines) is 1. The van der Waals surface area contributed by atoms with Crippen LogP contribution < -0.4 is 0 Å². The first kappa shape index (κ1) is 12.1. The topological polar surface area (TPSA) is 29.5 Å². The average molecular weight is 233 g/mol. The van der Waals surface area contributed by atoms with Crippen LogP contribution in [-0.2, 0) is 9.53 Å². The minimum absolute atomic E-state index is 0.00130. The van der Waals surface area contributed by atoms with Crippen LogP contribution in [0, 0.1) is 5.92 Å². The van der Waals surface area contributed by atoms with E-state index in [0.717, 1.165) is 19.5 Å². The number of rotatable bonds is 2. The maximum Gasteiger partial charge on any atom is 0.309 e. The van der Waals surface area contributed by atoms with Crippen molar-refractivity contribution in [3.8, 4) is 0 Å². The molecule has 0 bridgehead atoms. The Morgan fingerprint density at radius 3 is 2.71 bits per heavy atom. The van der Waals surface area contributed by atoms with Crippen molar-refractivity contribution in [1.82, 2.24) is 4.90 Å². The van der Waals surface area contributed by atoms with Crippen LogP contribution in [0.3, 0.4) is 0 Å². The molecule has 0 N–H and O–H groups in total. The zero-order valence-electron chi connectivity index (χ0n) is 10.4. The van der Waals surface area contributed by atoms with Crippen molar-refractivity contribution in [1.29, 1.82) is 0 Å². The Hall–Kier alpha value is -1.35. The molecule has 1 saturated heterocycles. The lowest BCUT2D eigenvalue weighted by Gasteiger charge is -2.35. The van der Waals surface area contributed by atoms with Crippen LogP contribution >= 0.6 is 0 Å². The van der Waals surface area contributed by atoms with Gasteiger partial charge in [0, 0.05) is 12.5 Å². The van der Waals surface area contributed by atoms with Crippen LogP contribution in [0.5, 0.6) is 0 Å². The van der Waals surface area contributed by atoms with E-state index in [0.29, 0.717) is 0 Å². The number of hydrogen-bond donors (Lipinski definition) is 0. The van der Waals surface area contributed by atoms with E-state index in [1.165, 1.54) is 12.7 Å². The van der Waals surface area contributed by atoms with Gasteiger partial charge in [-0.15, -0.1) is 0 Å². The molecule has 0 saturated carbocycles. The molecule has 0 unspecified atom stereocenters. The molecule has 1 aromatic rings. The maximum atomic E-state index is 11.8. The lowest BCUT2D eigenvalue weighted by molar-refractivity contribution is -0.147. The summed E-state index contributed by atoms with van der Waals surface area (Å²) < 4.78 is 4.92. The van der Waals surface area contributed by atoms with Crippen molar-refractivity contribution in [2.24, 2.45) is 5.92 Å². The summed E-state index contributed by atoms with van der Waals surface area (Å²) in [5.41, 5.74) is 1.23. The van der Waals surface area contributed by atoms with Gasteiger partial charge in [-0.25, -0.2) is 0 Å². The van der Waals surface area contributed by atoms with Gasteiger partial charge < -0.3 is 9.64 Å². The minimum atomic E-state index is -0.0769. The molecule has 0 aliphatic carbocycles. The lowest BCUT2D eigenvalue weighted by atomic mass is 9.81. The van der Waals surface area contributed by atoms with Crippen molar-refractivity contribution in [3.05, 3.63) is 35.9 Å². The Morgan fingerprint density at radius 2 is 2.06 bits per heavy atom. The number of likely N-dealkylation sites (N-methyl/N-ethyl adjacent to an activating group) is 1. The molecule has 0 radical (unpaired) electrons. The van der Waals surface area contributed by atoms with Crippen molar-refractivity contribution in [3.63, 3.8) is 0 Å². The third-order valence-electron chi connectivity index (χ3n) is 3.55. The molecule has 1 aliphatic heterocycles. The molecule has 0 amide bonds. The number of carbonyl (C=O) groups excluding carboxylic acids is 1. The summed E-state index contributed by atoms with van der Waals surface area (Å²) in [5, 5.41) is 0. The fraction of sp³-hybridized carbons (Fsp3) is 0.500. The molecule has 3 nitrogen and oxygen atoms in total. The summed E-state index contributed by atoms with van der Waals surface area (Å²) in [6.07, 6.45) is 0.878. The third kappa shape index (κ3) is 2.67. The molecule has 3 heteroatoms. The quantitative estimate of drug-likeness (QED) is 0.731. The van der Waals surface area contributed by atoms with Crippen LogP contribution in [0.25, 0.3) is 0 Å². The predicted molar refractivity (Wildman–Crippen MR) is 66.8 cm³/mol. The van der Waals surface area contributed by atoms with Gasteiger partial charge in [-0.05, 0) is 25.6 Å². The highest BCUT2D eigenvalue weighted by atomic mass is 16.5. The van der Waals surface area contributed by atoms with Crippen LogP contribution in [0.2, 0.25) is 0 Å². The Labute approximate surface area is 102 Å². The van der Waals surface area contributed by atoms with Crippen LogP contribution in [-0.4, -0.2) is 38.1 Å². The van der Waals surface area contributed by atoms with E-state index < -0.39 is 0 Å². The van der Waals surface area contributed by atoms with Gasteiger partial charge in [0.15, 0.2) is 0 Å². The van der Waals surface area contributed by atoms with Crippen molar-refractivity contribution in [2.75, 3.05) is 27.2 Å². The Kier molecular flexibility index (Phi) is 3.79. The number of esters is 1. The van der Waals surface area contributed by atoms with Gasteiger partial charge in [0.25, 0.3) is 0 Å². The molecule has 1 aliphatic rings. The number of hydrogen-bond acceptors (Lipinski definition) is 3. The second-order valence-electron chi connectivity index (χ2n) is 4.70. The molecule has 0 spiro atoms. The molecule has 1 heterocycles. The molecule has 17 heavy (non-hydrogen) atoms. The Balaban J connectivity index is 2.23. The summed E-state index contributed by atoms with van der Waals surface area (Å²) >= 11 is 0. The summed E-state index contributed by atoms with van der Waals surface area (Å²) in [6, 6.07) is 10.2. The number of ether oxygens (including phenoxy) is 1. The van der Waals surface area contributed by atoms with Crippen LogP contribution in [0.4, 0.5) is 0 Å². The van der Waals surface area contributed by atoms with Crippen molar-refractivity contribution in [2.45, 2.75) is 12.3 Å². The van der Waals surface area contributed by atoms with E-state index in [4.69, 9.17) is 4.74 Å². The van der Waals surface area contributed by atoms with Gasteiger partial charge in [0.1, 0.15) is 0 Å². The highest BCUT2D eigenvalue weighted by molar-refractivity contribution is 5.73. The Bertz CT molecular complexity index is 377. The maximum absolute atomic E-state index is 11.8. The fourth-order valence-corrected chi connectivity index (χ4v) is 2.59. The SMILES string of the molecule is COC(=O)[C@H]1CCN(C)C[C@@H]1c1ccccc1. The van der Waals surface area contributed by atoms with E-state index >= 15 is 0 Å². The fourth-order valence-electron chi connectivity index (χ4n) is 2.59.